The number of benzene rings is 2. The highest BCUT2D eigenvalue weighted by molar-refractivity contribution is 5.85. The van der Waals surface area contributed by atoms with E-state index in [0.29, 0.717) is 0 Å². The summed E-state index contributed by atoms with van der Waals surface area (Å²) in [6.07, 6.45) is 0. The minimum Gasteiger partial charge on any atom is -0.349 e. The Balaban J connectivity index is 0.00000220. The van der Waals surface area contributed by atoms with E-state index in [1.807, 2.05) is 32.9 Å². The van der Waals surface area contributed by atoms with Gasteiger partial charge in [0.2, 0.25) is 5.91 Å². The van der Waals surface area contributed by atoms with Gasteiger partial charge in [0, 0.05) is 12.0 Å². The first kappa shape index (κ1) is 17.5. The average Bonchev–Trinajstić information content (AvgIpc) is 2.45. The highest BCUT2D eigenvalue weighted by Crippen LogP contribution is 2.20. The third kappa shape index (κ3) is 4.19. The Hall–Kier alpha value is -1.58. The lowest BCUT2D eigenvalue weighted by atomic mass is 10.0. The van der Waals surface area contributed by atoms with Crippen LogP contribution in [0.3, 0.4) is 0 Å². The van der Waals surface area contributed by atoms with Crippen LogP contribution in [0.5, 0.6) is 0 Å². The summed E-state index contributed by atoms with van der Waals surface area (Å²) in [7, 11) is 0. The Morgan fingerprint density at radius 1 is 1.05 bits per heavy atom. The van der Waals surface area contributed by atoms with Crippen LogP contribution >= 0.6 is 12.4 Å². The van der Waals surface area contributed by atoms with Crippen LogP contribution in [0, 0.1) is 5.92 Å². The maximum absolute atomic E-state index is 12.0. The molecule has 3 unspecified atom stereocenters. The second kappa shape index (κ2) is 7.43. The standard InChI is InChI=1S/C17H22N2O.ClH/c1-11(12(2)18)17(20)19-13(3)15-9-8-14-6-4-5-7-16(14)10-15;/h4-13H,18H2,1-3H3,(H,19,20);1H. The number of carbonyl (C=O) groups excluding carboxylic acids is 1. The van der Waals surface area contributed by atoms with Gasteiger partial charge in [-0.15, -0.1) is 12.4 Å². The molecule has 4 heteroatoms. The molecule has 1 amide bonds. The third-order valence-electron chi connectivity index (χ3n) is 3.83. The Morgan fingerprint density at radius 2 is 1.67 bits per heavy atom. The van der Waals surface area contributed by atoms with Gasteiger partial charge in [0.1, 0.15) is 0 Å². The van der Waals surface area contributed by atoms with Gasteiger partial charge in [-0.05, 0) is 36.2 Å². The smallest absolute Gasteiger partial charge is 0.224 e. The summed E-state index contributed by atoms with van der Waals surface area (Å²) in [5.74, 6) is -0.182. The highest BCUT2D eigenvalue weighted by Gasteiger charge is 2.19. The second-order valence-electron chi connectivity index (χ2n) is 5.48. The number of amides is 1. The quantitative estimate of drug-likeness (QED) is 0.909. The highest BCUT2D eigenvalue weighted by atomic mass is 35.5. The molecule has 0 aliphatic rings. The molecule has 0 aliphatic heterocycles. The van der Waals surface area contributed by atoms with Crippen LogP contribution in [0.25, 0.3) is 10.8 Å². The van der Waals surface area contributed by atoms with Crippen molar-refractivity contribution in [3.8, 4) is 0 Å². The van der Waals surface area contributed by atoms with Gasteiger partial charge in [-0.2, -0.15) is 0 Å². The van der Waals surface area contributed by atoms with E-state index in [2.05, 4.69) is 35.6 Å². The zero-order chi connectivity index (χ0) is 14.7. The van der Waals surface area contributed by atoms with E-state index < -0.39 is 0 Å². The molecular weight excluding hydrogens is 284 g/mol. The molecule has 2 rings (SSSR count). The Labute approximate surface area is 132 Å². The summed E-state index contributed by atoms with van der Waals surface area (Å²) < 4.78 is 0. The maximum Gasteiger partial charge on any atom is 0.224 e. The van der Waals surface area contributed by atoms with Crippen LogP contribution in [0.1, 0.15) is 32.4 Å². The Kier molecular flexibility index (Phi) is 6.19. The topological polar surface area (TPSA) is 55.1 Å². The van der Waals surface area contributed by atoms with Gasteiger partial charge in [-0.1, -0.05) is 43.3 Å². The van der Waals surface area contributed by atoms with Gasteiger partial charge < -0.3 is 11.1 Å². The molecule has 0 spiro atoms. The molecule has 114 valence electrons. The minimum absolute atomic E-state index is 0. The number of halogens is 1. The van der Waals surface area contributed by atoms with Crippen molar-refractivity contribution < 1.29 is 4.79 Å². The second-order valence-corrected chi connectivity index (χ2v) is 5.48. The molecule has 2 aromatic rings. The molecule has 21 heavy (non-hydrogen) atoms. The molecule has 0 aliphatic carbocycles. The predicted octanol–water partition coefficient (Wildman–Crippen LogP) is 3.42. The van der Waals surface area contributed by atoms with Gasteiger partial charge in [-0.3, -0.25) is 4.79 Å². The minimum atomic E-state index is -0.182. The molecule has 0 bridgehead atoms. The van der Waals surface area contributed by atoms with Gasteiger partial charge >= 0.3 is 0 Å². The van der Waals surface area contributed by atoms with Crippen molar-refractivity contribution in [1.82, 2.24) is 5.32 Å². The Bertz CT molecular complexity index is 613. The summed E-state index contributed by atoms with van der Waals surface area (Å²) in [6, 6.07) is 14.3. The van der Waals surface area contributed by atoms with E-state index >= 15 is 0 Å². The SMILES string of the molecule is CC(NC(=O)C(C)C(C)N)c1ccc2ccccc2c1.Cl. The number of fused-ring (bicyclic) bond motifs is 1. The van der Waals surface area contributed by atoms with Crippen LogP contribution < -0.4 is 11.1 Å². The molecule has 0 radical (unpaired) electrons. The molecule has 0 saturated carbocycles. The van der Waals surface area contributed by atoms with E-state index in [1.165, 1.54) is 10.8 Å². The predicted molar refractivity (Wildman–Crippen MR) is 90.6 cm³/mol. The number of carbonyl (C=O) groups is 1. The zero-order valence-electron chi connectivity index (χ0n) is 12.7. The van der Waals surface area contributed by atoms with Crippen molar-refractivity contribution in [3.63, 3.8) is 0 Å². The first-order chi connectivity index (χ1) is 9.49. The molecular formula is C17H23ClN2O. The number of rotatable bonds is 4. The average molecular weight is 307 g/mol. The lowest BCUT2D eigenvalue weighted by Gasteiger charge is -2.20. The largest absolute Gasteiger partial charge is 0.349 e. The molecule has 2 aromatic carbocycles. The lowest BCUT2D eigenvalue weighted by Crippen LogP contribution is -2.39. The molecule has 3 nitrogen and oxygen atoms in total. The van der Waals surface area contributed by atoms with Gasteiger partial charge in [0.25, 0.3) is 0 Å². The van der Waals surface area contributed by atoms with Gasteiger partial charge in [0.15, 0.2) is 0 Å². The molecule has 0 saturated heterocycles. The van der Waals surface area contributed by atoms with Crippen molar-refractivity contribution >= 4 is 29.1 Å². The summed E-state index contributed by atoms with van der Waals surface area (Å²) >= 11 is 0. The number of nitrogens with two attached hydrogens (primary N) is 1. The monoisotopic (exact) mass is 306 g/mol. The fourth-order valence-corrected chi connectivity index (χ4v) is 2.14. The summed E-state index contributed by atoms with van der Waals surface area (Å²) in [6.45, 7) is 5.70. The summed E-state index contributed by atoms with van der Waals surface area (Å²) in [5, 5.41) is 5.42. The van der Waals surface area contributed by atoms with Crippen molar-refractivity contribution in [3.05, 3.63) is 48.0 Å². The van der Waals surface area contributed by atoms with Crippen LogP contribution in [0.4, 0.5) is 0 Å². The van der Waals surface area contributed by atoms with Crippen LogP contribution in [-0.2, 0) is 4.79 Å². The maximum atomic E-state index is 12.0. The van der Waals surface area contributed by atoms with Crippen LogP contribution in [0.15, 0.2) is 42.5 Å². The molecule has 3 atom stereocenters. The van der Waals surface area contributed by atoms with Crippen molar-refractivity contribution in [2.75, 3.05) is 0 Å². The third-order valence-corrected chi connectivity index (χ3v) is 3.83. The van der Waals surface area contributed by atoms with Gasteiger partial charge in [-0.25, -0.2) is 0 Å². The van der Waals surface area contributed by atoms with Crippen molar-refractivity contribution in [2.24, 2.45) is 11.7 Å². The van der Waals surface area contributed by atoms with E-state index in [4.69, 9.17) is 5.73 Å². The lowest BCUT2D eigenvalue weighted by molar-refractivity contribution is -0.125. The van der Waals surface area contributed by atoms with E-state index in [1.54, 1.807) is 0 Å². The fraction of sp³-hybridized carbons (Fsp3) is 0.353. The molecule has 0 heterocycles. The Morgan fingerprint density at radius 3 is 2.29 bits per heavy atom. The number of nitrogens with one attached hydrogen (secondary N) is 1. The number of hydrogen-bond acceptors (Lipinski definition) is 2. The van der Waals surface area contributed by atoms with E-state index in [-0.39, 0.29) is 36.3 Å². The zero-order valence-corrected chi connectivity index (χ0v) is 13.5. The van der Waals surface area contributed by atoms with Crippen LogP contribution in [0.2, 0.25) is 0 Å². The van der Waals surface area contributed by atoms with Crippen molar-refractivity contribution in [2.45, 2.75) is 32.9 Å². The molecule has 0 fully saturated rings. The fourth-order valence-electron chi connectivity index (χ4n) is 2.14. The normalized spacial score (nSPS) is 14.9. The summed E-state index contributed by atoms with van der Waals surface area (Å²) in [5.41, 5.74) is 6.87. The molecule has 3 N–H and O–H groups in total. The van der Waals surface area contributed by atoms with Crippen LogP contribution in [-0.4, -0.2) is 11.9 Å². The van der Waals surface area contributed by atoms with Gasteiger partial charge in [0.05, 0.1) is 6.04 Å². The summed E-state index contributed by atoms with van der Waals surface area (Å²) in [4.78, 5) is 12.0. The van der Waals surface area contributed by atoms with E-state index in [0.717, 1.165) is 5.56 Å². The first-order valence-corrected chi connectivity index (χ1v) is 7.03. The van der Waals surface area contributed by atoms with E-state index in [9.17, 15) is 4.79 Å². The molecule has 0 aromatic heterocycles. The first-order valence-electron chi connectivity index (χ1n) is 7.03. The number of hydrogen-bond donors (Lipinski definition) is 2. The van der Waals surface area contributed by atoms with Crippen molar-refractivity contribution in [1.29, 1.82) is 0 Å².